The molecule has 3 heterocycles. The second-order valence-electron chi connectivity index (χ2n) is 8.12. The third kappa shape index (κ3) is 7.34. The lowest BCUT2D eigenvalue weighted by Crippen LogP contribution is -2.39. The molecule has 1 aromatic carbocycles. The molecule has 0 aliphatic carbocycles. The van der Waals surface area contributed by atoms with Crippen molar-refractivity contribution in [2.45, 2.75) is 25.7 Å². The summed E-state index contributed by atoms with van der Waals surface area (Å²) in [5.74, 6) is 4.49. The maximum absolute atomic E-state index is 12.5. The molecule has 0 unspecified atom stereocenters. The first kappa shape index (κ1) is 23.8. The maximum Gasteiger partial charge on any atom is 0.321 e. The van der Waals surface area contributed by atoms with E-state index in [1.807, 2.05) is 41.3 Å². The minimum Gasteiger partial charge on any atom is -0.492 e. The molecule has 178 valence electrons. The molecule has 7 nitrogen and oxygen atoms in total. The van der Waals surface area contributed by atoms with E-state index in [4.69, 9.17) is 15.9 Å². The third-order valence-corrected chi connectivity index (χ3v) is 5.50. The zero-order valence-electron chi connectivity index (χ0n) is 19.5. The van der Waals surface area contributed by atoms with Crippen molar-refractivity contribution in [2.24, 2.45) is 0 Å². The molecule has 2 amide bonds. The number of piperidine rings is 1. The van der Waals surface area contributed by atoms with E-state index in [-0.39, 0.29) is 6.03 Å². The number of carbonyl (C=O) groups excluding carboxylic acids is 1. The van der Waals surface area contributed by atoms with E-state index < -0.39 is 0 Å². The first-order valence-electron chi connectivity index (χ1n) is 11.7. The van der Waals surface area contributed by atoms with Gasteiger partial charge < -0.3 is 19.7 Å². The van der Waals surface area contributed by atoms with Crippen molar-refractivity contribution < 1.29 is 14.3 Å². The normalized spacial score (nSPS) is 13.0. The summed E-state index contributed by atoms with van der Waals surface area (Å²) in [6, 6.07) is 15.0. The second kappa shape index (κ2) is 12.2. The number of ether oxygens (including phenoxy) is 2. The van der Waals surface area contributed by atoms with Crippen molar-refractivity contribution >= 4 is 17.8 Å². The average Bonchev–Trinajstić information content (AvgIpc) is 2.89. The Hall–Kier alpha value is -4.31. The number of rotatable bonds is 8. The molecule has 0 bridgehead atoms. The van der Waals surface area contributed by atoms with Crippen LogP contribution in [-0.2, 0) is 0 Å². The van der Waals surface area contributed by atoms with Gasteiger partial charge in [-0.05, 0) is 55.2 Å². The fourth-order valence-corrected chi connectivity index (χ4v) is 3.68. The van der Waals surface area contributed by atoms with Crippen LogP contribution in [-0.4, -0.2) is 40.6 Å². The zero-order valence-corrected chi connectivity index (χ0v) is 19.5. The van der Waals surface area contributed by atoms with Gasteiger partial charge in [0.05, 0.1) is 24.7 Å². The van der Waals surface area contributed by atoms with E-state index in [9.17, 15) is 4.79 Å². The van der Waals surface area contributed by atoms with Crippen LogP contribution in [0, 0.1) is 12.3 Å². The average molecular weight is 469 g/mol. The van der Waals surface area contributed by atoms with Crippen molar-refractivity contribution in [3.63, 3.8) is 0 Å². The van der Waals surface area contributed by atoms with Gasteiger partial charge in [0.15, 0.2) is 0 Å². The first-order valence-corrected chi connectivity index (χ1v) is 11.7. The predicted octanol–water partition coefficient (Wildman–Crippen LogP) is 5.77. The van der Waals surface area contributed by atoms with Gasteiger partial charge in [0, 0.05) is 31.8 Å². The molecular formula is C28H28N4O3. The summed E-state index contributed by atoms with van der Waals surface area (Å²) in [6.45, 7) is 1.92. The number of carbonyl (C=O) groups is 1. The van der Waals surface area contributed by atoms with Gasteiger partial charge in [0.1, 0.15) is 11.5 Å². The predicted molar refractivity (Wildman–Crippen MR) is 136 cm³/mol. The van der Waals surface area contributed by atoms with Crippen molar-refractivity contribution in [1.29, 1.82) is 0 Å². The van der Waals surface area contributed by atoms with Gasteiger partial charge in [-0.1, -0.05) is 23.8 Å². The Bertz CT molecular complexity index is 1180. The fourth-order valence-electron chi connectivity index (χ4n) is 3.68. The minimum absolute atomic E-state index is 0.0936. The Morgan fingerprint density at radius 2 is 2.00 bits per heavy atom. The highest BCUT2D eigenvalue weighted by molar-refractivity contribution is 5.89. The molecule has 35 heavy (non-hydrogen) atoms. The number of nitrogens with one attached hydrogen (secondary N) is 1. The lowest BCUT2D eigenvalue weighted by molar-refractivity contribution is 0.208. The lowest BCUT2D eigenvalue weighted by atomic mass is 10.0. The van der Waals surface area contributed by atoms with Crippen LogP contribution in [0.3, 0.4) is 0 Å². The third-order valence-electron chi connectivity index (χ3n) is 5.50. The molecule has 0 spiro atoms. The van der Waals surface area contributed by atoms with Crippen molar-refractivity contribution in [1.82, 2.24) is 14.9 Å². The Morgan fingerprint density at radius 1 is 1.11 bits per heavy atom. The summed E-state index contributed by atoms with van der Waals surface area (Å²) in [6.07, 6.45) is 15.6. The SMILES string of the molecule is C#CCCCOc1ccc(Oc2cccc(C=C3CCN(C(=O)Nc4cccnc4)CC3)c2)nc1. The van der Waals surface area contributed by atoms with Gasteiger partial charge >= 0.3 is 6.03 Å². The Morgan fingerprint density at radius 3 is 2.74 bits per heavy atom. The molecular weight excluding hydrogens is 440 g/mol. The van der Waals surface area contributed by atoms with Crippen molar-refractivity contribution in [3.8, 4) is 29.7 Å². The number of urea groups is 1. The molecule has 1 fully saturated rings. The molecule has 0 radical (unpaired) electrons. The highest BCUT2D eigenvalue weighted by atomic mass is 16.5. The molecule has 4 rings (SSSR count). The second-order valence-corrected chi connectivity index (χ2v) is 8.12. The Labute approximate surface area is 205 Å². The van der Waals surface area contributed by atoms with E-state index in [1.54, 1.807) is 30.7 Å². The highest BCUT2D eigenvalue weighted by Crippen LogP contribution is 2.25. The molecule has 1 saturated heterocycles. The number of benzene rings is 1. The fraction of sp³-hybridized carbons (Fsp3) is 0.250. The Balaban J connectivity index is 1.28. The van der Waals surface area contributed by atoms with E-state index >= 15 is 0 Å². The van der Waals surface area contributed by atoms with E-state index in [1.165, 1.54) is 5.57 Å². The minimum atomic E-state index is -0.0936. The largest absolute Gasteiger partial charge is 0.492 e. The van der Waals surface area contributed by atoms with Crippen LogP contribution in [0.25, 0.3) is 6.08 Å². The lowest BCUT2D eigenvalue weighted by Gasteiger charge is -2.28. The van der Waals surface area contributed by atoms with Crippen molar-refractivity contribution in [2.75, 3.05) is 25.0 Å². The number of unbranched alkanes of at least 4 members (excludes halogenated alkanes) is 1. The zero-order chi connectivity index (χ0) is 24.3. The standard InChI is InChI=1S/C28H28N4O3/c1-2-3-4-17-34-26-10-11-27(30-21-26)35-25-9-5-7-23(19-25)18-22-12-15-32(16-13-22)28(33)31-24-8-6-14-29-20-24/h1,5-11,14,18-21H,3-4,12-13,15-17H2,(H,31,33). The van der Waals surface area contributed by atoms with Gasteiger partial charge in [-0.25, -0.2) is 9.78 Å². The summed E-state index contributed by atoms with van der Waals surface area (Å²) in [7, 11) is 0. The molecule has 2 aromatic heterocycles. The number of pyridine rings is 2. The molecule has 1 aliphatic rings. The van der Waals surface area contributed by atoms with Gasteiger partial charge in [-0.3, -0.25) is 4.98 Å². The van der Waals surface area contributed by atoms with Crippen LogP contribution in [0.15, 0.2) is 72.7 Å². The van der Waals surface area contributed by atoms with Crippen molar-refractivity contribution in [3.05, 3.63) is 78.3 Å². The molecule has 0 atom stereocenters. The molecule has 3 aromatic rings. The van der Waals surface area contributed by atoms with Gasteiger partial charge in [0.2, 0.25) is 5.88 Å². The number of terminal acetylenes is 1. The summed E-state index contributed by atoms with van der Waals surface area (Å²) in [5, 5.41) is 2.89. The van der Waals surface area contributed by atoms with Crippen LogP contribution in [0.5, 0.6) is 17.4 Å². The van der Waals surface area contributed by atoms with Crippen LogP contribution >= 0.6 is 0 Å². The number of anilines is 1. The Kier molecular flexibility index (Phi) is 8.33. The number of likely N-dealkylation sites (tertiary alicyclic amines) is 1. The number of nitrogens with zero attached hydrogens (tertiary/aromatic N) is 3. The molecule has 0 saturated carbocycles. The van der Waals surface area contributed by atoms with Gasteiger partial charge in [-0.2, -0.15) is 0 Å². The first-order chi connectivity index (χ1) is 17.2. The summed E-state index contributed by atoms with van der Waals surface area (Å²) >= 11 is 0. The van der Waals surface area contributed by atoms with E-state index in [0.29, 0.717) is 49.2 Å². The van der Waals surface area contributed by atoms with Crippen LogP contribution < -0.4 is 14.8 Å². The van der Waals surface area contributed by atoms with Gasteiger partial charge in [-0.15, -0.1) is 12.3 Å². The van der Waals surface area contributed by atoms with E-state index in [0.717, 1.165) is 24.8 Å². The smallest absolute Gasteiger partial charge is 0.321 e. The summed E-state index contributed by atoms with van der Waals surface area (Å²) < 4.78 is 11.5. The number of amides is 2. The molecule has 1 aliphatic heterocycles. The quantitative estimate of drug-likeness (QED) is 0.335. The van der Waals surface area contributed by atoms with Gasteiger partial charge in [0.25, 0.3) is 0 Å². The monoisotopic (exact) mass is 468 g/mol. The highest BCUT2D eigenvalue weighted by Gasteiger charge is 2.19. The molecule has 7 heteroatoms. The topological polar surface area (TPSA) is 76.6 Å². The number of aromatic nitrogens is 2. The van der Waals surface area contributed by atoms with Crippen LogP contribution in [0.4, 0.5) is 10.5 Å². The van der Waals surface area contributed by atoms with E-state index in [2.05, 4.69) is 27.3 Å². The summed E-state index contributed by atoms with van der Waals surface area (Å²) in [5.41, 5.74) is 3.06. The summed E-state index contributed by atoms with van der Waals surface area (Å²) in [4.78, 5) is 22.7. The number of hydrogen-bond acceptors (Lipinski definition) is 5. The van der Waals surface area contributed by atoms with Crippen LogP contribution in [0.2, 0.25) is 0 Å². The van der Waals surface area contributed by atoms with Crippen LogP contribution in [0.1, 0.15) is 31.2 Å². The maximum atomic E-state index is 12.5. The molecule has 1 N–H and O–H groups in total. The number of hydrogen-bond donors (Lipinski definition) is 1.